The van der Waals surface area contributed by atoms with Crippen LogP contribution >= 0.6 is 11.3 Å². The van der Waals surface area contributed by atoms with Gasteiger partial charge in [0.2, 0.25) is 0 Å². The molecule has 13 heavy (non-hydrogen) atoms. The smallest absolute Gasteiger partial charge is 0.322 e. The lowest BCUT2D eigenvalue weighted by molar-refractivity contribution is -0.142. The van der Waals surface area contributed by atoms with Crippen molar-refractivity contribution in [3.05, 3.63) is 16.6 Å². The predicted molar refractivity (Wildman–Crippen MR) is 50.4 cm³/mol. The van der Waals surface area contributed by atoms with Crippen molar-refractivity contribution >= 4 is 17.3 Å². The first-order chi connectivity index (χ1) is 6.24. The quantitative estimate of drug-likeness (QED) is 0.730. The summed E-state index contributed by atoms with van der Waals surface area (Å²) in [6, 6.07) is -0.271. The average Bonchev–Trinajstić information content (AvgIpc) is 2.65. The Morgan fingerprint density at radius 3 is 3.15 bits per heavy atom. The van der Waals surface area contributed by atoms with Gasteiger partial charge in [0.15, 0.2) is 0 Å². The first-order valence-corrected chi connectivity index (χ1v) is 4.80. The number of nitrogens with one attached hydrogen (secondary N) is 1. The van der Waals surface area contributed by atoms with Gasteiger partial charge >= 0.3 is 5.97 Å². The minimum Gasteiger partial charge on any atom is -0.468 e. The number of ether oxygens (including phenoxy) is 1. The SMILES string of the molecule is COC(=O)C(C)NCc1cncs1. The molecule has 0 saturated carbocycles. The molecule has 1 heterocycles. The molecule has 0 spiro atoms. The third-order valence-electron chi connectivity index (χ3n) is 1.62. The number of esters is 1. The minimum absolute atomic E-state index is 0.246. The van der Waals surface area contributed by atoms with E-state index in [9.17, 15) is 4.79 Å². The van der Waals surface area contributed by atoms with Gasteiger partial charge in [0.1, 0.15) is 6.04 Å². The number of thiazole rings is 1. The van der Waals surface area contributed by atoms with E-state index in [1.807, 2.05) is 0 Å². The Kier molecular flexibility index (Phi) is 3.85. The average molecular weight is 200 g/mol. The van der Waals surface area contributed by atoms with Crippen molar-refractivity contribution in [2.24, 2.45) is 0 Å². The number of methoxy groups -OCH3 is 1. The van der Waals surface area contributed by atoms with E-state index >= 15 is 0 Å². The van der Waals surface area contributed by atoms with Crippen LogP contribution in [0.25, 0.3) is 0 Å². The van der Waals surface area contributed by atoms with Gasteiger partial charge in [-0.3, -0.25) is 15.1 Å². The van der Waals surface area contributed by atoms with Gasteiger partial charge < -0.3 is 4.74 Å². The second kappa shape index (κ2) is 4.94. The standard InChI is InChI=1S/C8H12N2O2S/c1-6(8(11)12-2)10-4-7-3-9-5-13-7/h3,5-6,10H,4H2,1-2H3. The predicted octanol–water partition coefficient (Wildman–Crippen LogP) is 0.794. The minimum atomic E-state index is -0.271. The second-order valence-corrected chi connectivity index (χ2v) is 3.56. The Labute approximate surface area is 80.9 Å². The van der Waals surface area contributed by atoms with E-state index in [1.165, 1.54) is 7.11 Å². The van der Waals surface area contributed by atoms with Crippen molar-refractivity contribution < 1.29 is 9.53 Å². The maximum absolute atomic E-state index is 11.0. The van der Waals surface area contributed by atoms with E-state index in [4.69, 9.17) is 0 Å². The third-order valence-corrected chi connectivity index (χ3v) is 2.40. The van der Waals surface area contributed by atoms with Crippen LogP contribution in [0.3, 0.4) is 0 Å². The Hall–Kier alpha value is -0.940. The molecule has 0 radical (unpaired) electrons. The molecule has 1 atom stereocenters. The fourth-order valence-corrected chi connectivity index (χ4v) is 1.39. The Balaban J connectivity index is 2.30. The summed E-state index contributed by atoms with van der Waals surface area (Å²) >= 11 is 1.56. The molecule has 0 bridgehead atoms. The lowest BCUT2D eigenvalue weighted by Gasteiger charge is -2.09. The van der Waals surface area contributed by atoms with Crippen LogP contribution in [-0.4, -0.2) is 24.1 Å². The zero-order valence-electron chi connectivity index (χ0n) is 7.61. The van der Waals surface area contributed by atoms with Gasteiger partial charge in [-0.1, -0.05) is 0 Å². The van der Waals surface area contributed by atoms with E-state index in [0.29, 0.717) is 6.54 Å². The molecular formula is C8H12N2O2S. The zero-order valence-corrected chi connectivity index (χ0v) is 8.43. The van der Waals surface area contributed by atoms with Crippen molar-refractivity contribution in [2.45, 2.75) is 19.5 Å². The maximum atomic E-state index is 11.0. The number of hydrogen-bond donors (Lipinski definition) is 1. The molecule has 1 rings (SSSR count). The largest absolute Gasteiger partial charge is 0.468 e. The fourth-order valence-electron chi connectivity index (χ4n) is 0.843. The van der Waals surface area contributed by atoms with Crippen molar-refractivity contribution in [3.8, 4) is 0 Å². The third kappa shape index (κ3) is 3.12. The maximum Gasteiger partial charge on any atom is 0.322 e. The van der Waals surface area contributed by atoms with Crippen molar-refractivity contribution in [1.29, 1.82) is 0 Å². The van der Waals surface area contributed by atoms with Gasteiger partial charge in [-0.15, -0.1) is 11.3 Å². The first kappa shape index (κ1) is 10.1. The molecule has 4 nitrogen and oxygen atoms in total. The monoisotopic (exact) mass is 200 g/mol. The van der Waals surface area contributed by atoms with Crippen molar-refractivity contribution in [1.82, 2.24) is 10.3 Å². The first-order valence-electron chi connectivity index (χ1n) is 3.92. The van der Waals surface area contributed by atoms with E-state index in [1.54, 1.807) is 30.0 Å². The molecule has 0 aliphatic rings. The lowest BCUT2D eigenvalue weighted by atomic mass is 10.3. The molecule has 0 aromatic carbocycles. The summed E-state index contributed by atoms with van der Waals surface area (Å²) in [6.45, 7) is 2.42. The van der Waals surface area contributed by atoms with Crippen LogP contribution in [0.4, 0.5) is 0 Å². The molecule has 1 unspecified atom stereocenters. The summed E-state index contributed by atoms with van der Waals surface area (Å²) < 4.78 is 4.57. The highest BCUT2D eigenvalue weighted by Gasteiger charge is 2.11. The molecule has 0 saturated heterocycles. The van der Waals surface area contributed by atoms with Gasteiger partial charge in [-0.25, -0.2) is 0 Å². The van der Waals surface area contributed by atoms with Crippen LogP contribution in [-0.2, 0) is 16.1 Å². The van der Waals surface area contributed by atoms with Gasteiger partial charge in [0.25, 0.3) is 0 Å². The van der Waals surface area contributed by atoms with Crippen LogP contribution in [0.15, 0.2) is 11.7 Å². The summed E-state index contributed by atoms with van der Waals surface area (Å²) in [5, 5.41) is 3.03. The molecule has 5 heteroatoms. The Morgan fingerprint density at radius 1 is 1.85 bits per heavy atom. The molecule has 72 valence electrons. The molecule has 0 aliphatic carbocycles. The Bertz CT molecular complexity index is 261. The van der Waals surface area contributed by atoms with Gasteiger partial charge in [0.05, 0.1) is 12.6 Å². The highest BCUT2D eigenvalue weighted by Crippen LogP contribution is 2.04. The van der Waals surface area contributed by atoms with Crippen molar-refractivity contribution in [3.63, 3.8) is 0 Å². The van der Waals surface area contributed by atoms with Gasteiger partial charge in [0, 0.05) is 17.6 Å². The van der Waals surface area contributed by atoms with Gasteiger partial charge in [-0.2, -0.15) is 0 Å². The number of aromatic nitrogens is 1. The van der Waals surface area contributed by atoms with Crippen LogP contribution in [0.5, 0.6) is 0 Å². The molecule has 0 amide bonds. The summed E-state index contributed by atoms with van der Waals surface area (Å²) in [5.74, 6) is -0.246. The summed E-state index contributed by atoms with van der Waals surface area (Å²) in [6.07, 6.45) is 1.78. The lowest BCUT2D eigenvalue weighted by Crippen LogP contribution is -2.34. The van der Waals surface area contributed by atoms with Crippen LogP contribution < -0.4 is 5.32 Å². The van der Waals surface area contributed by atoms with Crippen molar-refractivity contribution in [2.75, 3.05) is 7.11 Å². The molecule has 0 fully saturated rings. The number of rotatable bonds is 4. The molecular weight excluding hydrogens is 188 g/mol. The van der Waals surface area contributed by atoms with E-state index < -0.39 is 0 Å². The molecule has 1 aromatic rings. The summed E-state index contributed by atoms with van der Waals surface area (Å²) in [4.78, 5) is 16.0. The van der Waals surface area contributed by atoms with E-state index in [2.05, 4.69) is 15.0 Å². The number of nitrogens with zero attached hydrogens (tertiary/aromatic N) is 1. The van der Waals surface area contributed by atoms with Crippen LogP contribution in [0, 0.1) is 0 Å². The van der Waals surface area contributed by atoms with Gasteiger partial charge in [-0.05, 0) is 6.92 Å². The highest BCUT2D eigenvalue weighted by atomic mass is 32.1. The summed E-state index contributed by atoms with van der Waals surface area (Å²) in [7, 11) is 1.38. The van der Waals surface area contributed by atoms with Crippen LogP contribution in [0.1, 0.15) is 11.8 Å². The normalized spacial score (nSPS) is 12.5. The summed E-state index contributed by atoms with van der Waals surface area (Å²) in [5.41, 5.74) is 1.76. The highest BCUT2D eigenvalue weighted by molar-refractivity contribution is 7.09. The zero-order chi connectivity index (χ0) is 9.68. The fraction of sp³-hybridized carbons (Fsp3) is 0.500. The number of hydrogen-bond acceptors (Lipinski definition) is 5. The van der Waals surface area contributed by atoms with E-state index in [0.717, 1.165) is 4.88 Å². The van der Waals surface area contributed by atoms with E-state index in [-0.39, 0.29) is 12.0 Å². The molecule has 0 aliphatic heterocycles. The molecule has 1 N–H and O–H groups in total. The topological polar surface area (TPSA) is 51.2 Å². The second-order valence-electron chi connectivity index (χ2n) is 2.59. The number of carbonyl (C=O) groups is 1. The Morgan fingerprint density at radius 2 is 2.62 bits per heavy atom. The number of carbonyl (C=O) groups excluding carboxylic acids is 1. The van der Waals surface area contributed by atoms with Crippen LogP contribution in [0.2, 0.25) is 0 Å². The molecule has 1 aromatic heterocycles.